The van der Waals surface area contributed by atoms with Gasteiger partial charge in [-0.2, -0.15) is 0 Å². The number of anilines is 1. The molecule has 5 heteroatoms. The maximum Gasteiger partial charge on any atom is 0.321 e. The molecule has 0 spiro atoms. The first-order chi connectivity index (χ1) is 6.34. The van der Waals surface area contributed by atoms with Gasteiger partial charge in [-0.15, -0.1) is 0 Å². The summed E-state index contributed by atoms with van der Waals surface area (Å²) in [7, 11) is 0. The van der Waals surface area contributed by atoms with E-state index in [1.165, 1.54) is 6.26 Å². The highest BCUT2D eigenvalue weighted by atomic mass is 16.3. The van der Waals surface area contributed by atoms with Crippen LogP contribution in [0, 0.1) is 0 Å². The standard InChI is InChI=1S/C8H11N3O2/c12-8(10-6-4-9-5-6)11-7-2-1-3-13-7/h1-3,6,9H,4-5H2,(H2,10,11,12). The van der Waals surface area contributed by atoms with Crippen LogP contribution in [0.5, 0.6) is 0 Å². The van der Waals surface area contributed by atoms with Crippen molar-refractivity contribution in [3.05, 3.63) is 18.4 Å². The lowest BCUT2D eigenvalue weighted by Crippen LogP contribution is -2.57. The fourth-order valence-corrected chi connectivity index (χ4v) is 1.07. The van der Waals surface area contributed by atoms with Gasteiger partial charge in [0.25, 0.3) is 0 Å². The Morgan fingerprint density at radius 2 is 2.46 bits per heavy atom. The highest BCUT2D eigenvalue weighted by Crippen LogP contribution is 2.05. The second-order valence-electron chi connectivity index (χ2n) is 2.93. The van der Waals surface area contributed by atoms with E-state index in [2.05, 4.69) is 16.0 Å². The Morgan fingerprint density at radius 1 is 1.62 bits per heavy atom. The molecule has 0 aromatic carbocycles. The van der Waals surface area contributed by atoms with Crippen LogP contribution in [0.15, 0.2) is 22.8 Å². The molecule has 1 aliphatic heterocycles. The number of nitrogens with one attached hydrogen (secondary N) is 3. The highest BCUT2D eigenvalue weighted by Gasteiger charge is 2.18. The summed E-state index contributed by atoms with van der Waals surface area (Å²) < 4.78 is 4.95. The van der Waals surface area contributed by atoms with Crippen molar-refractivity contribution >= 4 is 11.9 Å². The molecule has 1 aromatic rings. The summed E-state index contributed by atoms with van der Waals surface area (Å²) in [5, 5.41) is 8.42. The van der Waals surface area contributed by atoms with Crippen molar-refractivity contribution in [2.24, 2.45) is 0 Å². The van der Waals surface area contributed by atoms with Gasteiger partial charge in [0, 0.05) is 19.2 Å². The van der Waals surface area contributed by atoms with Crippen LogP contribution in [0.4, 0.5) is 10.7 Å². The minimum atomic E-state index is -0.221. The molecule has 13 heavy (non-hydrogen) atoms. The fourth-order valence-electron chi connectivity index (χ4n) is 1.07. The average molecular weight is 181 g/mol. The molecule has 5 nitrogen and oxygen atoms in total. The summed E-state index contributed by atoms with van der Waals surface area (Å²) in [4.78, 5) is 11.2. The average Bonchev–Trinajstić information content (AvgIpc) is 2.49. The molecule has 0 aliphatic carbocycles. The molecular formula is C8H11N3O2. The number of carbonyl (C=O) groups excluding carboxylic acids is 1. The van der Waals surface area contributed by atoms with Gasteiger partial charge in [0.2, 0.25) is 5.88 Å². The topological polar surface area (TPSA) is 66.3 Å². The number of rotatable bonds is 2. The van der Waals surface area contributed by atoms with Crippen molar-refractivity contribution < 1.29 is 9.21 Å². The summed E-state index contributed by atoms with van der Waals surface area (Å²) in [6, 6.07) is 3.44. The first-order valence-electron chi connectivity index (χ1n) is 4.16. The summed E-state index contributed by atoms with van der Waals surface area (Å²) >= 11 is 0. The van der Waals surface area contributed by atoms with Crippen molar-refractivity contribution in [3.8, 4) is 0 Å². The molecule has 1 fully saturated rings. The van der Waals surface area contributed by atoms with Gasteiger partial charge in [0.05, 0.1) is 12.3 Å². The number of urea groups is 1. The second kappa shape index (κ2) is 3.49. The summed E-state index contributed by atoms with van der Waals surface area (Å²) in [6.45, 7) is 1.68. The maximum absolute atomic E-state index is 11.2. The summed E-state index contributed by atoms with van der Waals surface area (Å²) in [6.07, 6.45) is 1.51. The molecule has 2 amide bonds. The number of hydrogen-bond donors (Lipinski definition) is 3. The molecule has 1 aromatic heterocycles. The predicted molar refractivity (Wildman–Crippen MR) is 47.5 cm³/mol. The maximum atomic E-state index is 11.2. The van der Waals surface area contributed by atoms with Crippen LogP contribution < -0.4 is 16.0 Å². The predicted octanol–water partition coefficient (Wildman–Crippen LogP) is 0.373. The van der Waals surface area contributed by atoms with Crippen LogP contribution in [0.2, 0.25) is 0 Å². The lowest BCUT2D eigenvalue weighted by molar-refractivity contribution is 0.242. The third kappa shape index (κ3) is 2.00. The Hall–Kier alpha value is -1.49. The quantitative estimate of drug-likeness (QED) is 0.617. The number of carbonyl (C=O) groups is 1. The van der Waals surface area contributed by atoms with Crippen LogP contribution in [0.25, 0.3) is 0 Å². The smallest absolute Gasteiger partial charge is 0.321 e. The van der Waals surface area contributed by atoms with E-state index in [1.807, 2.05) is 0 Å². The molecular weight excluding hydrogens is 170 g/mol. The van der Waals surface area contributed by atoms with Gasteiger partial charge in [0.15, 0.2) is 0 Å². The monoisotopic (exact) mass is 181 g/mol. The van der Waals surface area contributed by atoms with E-state index in [4.69, 9.17) is 4.42 Å². The van der Waals surface area contributed by atoms with E-state index in [1.54, 1.807) is 12.1 Å². The van der Waals surface area contributed by atoms with E-state index in [0.717, 1.165) is 13.1 Å². The minimum absolute atomic E-state index is 0.221. The van der Waals surface area contributed by atoms with Gasteiger partial charge in [-0.25, -0.2) is 4.79 Å². The van der Waals surface area contributed by atoms with Crippen LogP contribution in [0.1, 0.15) is 0 Å². The molecule has 70 valence electrons. The highest BCUT2D eigenvalue weighted by molar-refractivity contribution is 5.88. The van der Waals surface area contributed by atoms with Crippen molar-refractivity contribution in [2.75, 3.05) is 18.4 Å². The van der Waals surface area contributed by atoms with Crippen molar-refractivity contribution in [3.63, 3.8) is 0 Å². The summed E-state index contributed by atoms with van der Waals surface area (Å²) in [5.74, 6) is 0.463. The molecule has 1 saturated heterocycles. The van der Waals surface area contributed by atoms with Crippen molar-refractivity contribution in [2.45, 2.75) is 6.04 Å². The largest absolute Gasteiger partial charge is 0.449 e. The zero-order valence-electron chi connectivity index (χ0n) is 7.04. The van der Waals surface area contributed by atoms with E-state index in [-0.39, 0.29) is 12.1 Å². The van der Waals surface area contributed by atoms with Crippen LogP contribution in [0.3, 0.4) is 0 Å². The Bertz CT molecular complexity index is 280. The molecule has 1 aliphatic rings. The molecule has 0 bridgehead atoms. The Morgan fingerprint density at radius 3 is 3.00 bits per heavy atom. The van der Waals surface area contributed by atoms with E-state index in [0.29, 0.717) is 5.88 Å². The minimum Gasteiger partial charge on any atom is -0.449 e. The lowest BCUT2D eigenvalue weighted by atomic mass is 10.2. The molecule has 2 rings (SSSR count). The number of amides is 2. The third-order valence-corrected chi connectivity index (χ3v) is 1.87. The van der Waals surface area contributed by atoms with E-state index >= 15 is 0 Å². The van der Waals surface area contributed by atoms with Crippen LogP contribution in [-0.2, 0) is 0 Å². The molecule has 0 unspecified atom stereocenters. The van der Waals surface area contributed by atoms with Gasteiger partial charge < -0.3 is 15.1 Å². The fraction of sp³-hybridized carbons (Fsp3) is 0.375. The molecule has 3 N–H and O–H groups in total. The molecule has 0 atom stereocenters. The Balaban J connectivity index is 1.78. The Kier molecular flexibility index (Phi) is 2.18. The summed E-state index contributed by atoms with van der Waals surface area (Å²) in [5.41, 5.74) is 0. The molecule has 2 heterocycles. The van der Waals surface area contributed by atoms with Gasteiger partial charge in [0.1, 0.15) is 0 Å². The SMILES string of the molecule is O=C(Nc1ccco1)NC1CNC1. The molecule has 0 saturated carbocycles. The lowest BCUT2D eigenvalue weighted by Gasteiger charge is -2.27. The van der Waals surface area contributed by atoms with Crippen molar-refractivity contribution in [1.29, 1.82) is 0 Å². The van der Waals surface area contributed by atoms with Gasteiger partial charge >= 0.3 is 6.03 Å². The normalized spacial score (nSPS) is 16.3. The number of furan rings is 1. The van der Waals surface area contributed by atoms with Crippen LogP contribution >= 0.6 is 0 Å². The first kappa shape index (κ1) is 8.12. The Labute approximate surface area is 75.5 Å². The zero-order chi connectivity index (χ0) is 9.10. The number of hydrogen-bond acceptors (Lipinski definition) is 3. The van der Waals surface area contributed by atoms with Gasteiger partial charge in [-0.05, 0) is 6.07 Å². The zero-order valence-corrected chi connectivity index (χ0v) is 7.04. The van der Waals surface area contributed by atoms with Crippen LogP contribution in [-0.4, -0.2) is 25.2 Å². The van der Waals surface area contributed by atoms with E-state index < -0.39 is 0 Å². The molecule has 0 radical (unpaired) electrons. The van der Waals surface area contributed by atoms with E-state index in [9.17, 15) is 4.79 Å². The second-order valence-corrected chi connectivity index (χ2v) is 2.93. The van der Waals surface area contributed by atoms with Gasteiger partial charge in [-0.1, -0.05) is 0 Å². The first-order valence-corrected chi connectivity index (χ1v) is 4.16. The van der Waals surface area contributed by atoms with Crippen molar-refractivity contribution in [1.82, 2.24) is 10.6 Å². The van der Waals surface area contributed by atoms with Gasteiger partial charge in [-0.3, -0.25) is 5.32 Å². The third-order valence-electron chi connectivity index (χ3n) is 1.87.